The minimum atomic E-state index is -2.99. The van der Waals surface area contributed by atoms with Gasteiger partial charge in [-0.15, -0.1) is 11.6 Å². The molecule has 3 nitrogen and oxygen atoms in total. The van der Waals surface area contributed by atoms with Crippen molar-refractivity contribution in [1.29, 1.82) is 0 Å². The minimum Gasteiger partial charge on any atom is -0.462 e. The highest BCUT2D eigenvalue weighted by Crippen LogP contribution is 2.26. The van der Waals surface area contributed by atoms with Crippen LogP contribution in [0.15, 0.2) is 18.2 Å². The van der Waals surface area contributed by atoms with E-state index >= 15 is 0 Å². The summed E-state index contributed by atoms with van der Waals surface area (Å²) in [6.07, 6.45) is 1.13. The number of carbonyl (C=O) groups excluding carboxylic acids is 1. The van der Waals surface area contributed by atoms with Crippen LogP contribution in [0, 0.1) is 0 Å². The third kappa shape index (κ3) is 4.67. The first-order valence-corrected chi connectivity index (χ1v) is 6.43. The predicted octanol–water partition coefficient (Wildman–Crippen LogP) is 3.64. The van der Waals surface area contributed by atoms with Gasteiger partial charge in [-0.25, -0.2) is 4.79 Å². The van der Waals surface area contributed by atoms with E-state index in [1.807, 2.05) is 0 Å². The Kier molecular flexibility index (Phi) is 6.56. The summed E-state index contributed by atoms with van der Waals surface area (Å²) in [6, 6.07) is 4.56. The number of halogens is 3. The molecule has 0 heterocycles. The molecule has 106 valence electrons. The van der Waals surface area contributed by atoms with E-state index in [4.69, 9.17) is 16.3 Å². The maximum Gasteiger partial charge on any atom is 0.387 e. The molecule has 0 aromatic heterocycles. The third-order valence-electron chi connectivity index (χ3n) is 2.39. The van der Waals surface area contributed by atoms with E-state index in [-0.39, 0.29) is 17.9 Å². The Bertz CT molecular complexity index is 424. The lowest BCUT2D eigenvalue weighted by molar-refractivity contribution is -0.0504. The predicted molar refractivity (Wildman–Crippen MR) is 68.1 cm³/mol. The monoisotopic (exact) mass is 292 g/mol. The molecule has 1 rings (SSSR count). The number of hydrogen-bond acceptors (Lipinski definition) is 3. The van der Waals surface area contributed by atoms with Gasteiger partial charge in [0.2, 0.25) is 0 Å². The van der Waals surface area contributed by atoms with Crippen molar-refractivity contribution in [3.05, 3.63) is 29.3 Å². The highest BCUT2D eigenvalue weighted by molar-refractivity contribution is 6.17. The fourth-order valence-corrected chi connectivity index (χ4v) is 1.80. The molecule has 6 heteroatoms. The molecular weight excluding hydrogens is 278 g/mol. The van der Waals surface area contributed by atoms with Gasteiger partial charge in [0, 0.05) is 5.88 Å². The quantitative estimate of drug-likeness (QED) is 0.568. The van der Waals surface area contributed by atoms with Gasteiger partial charge < -0.3 is 9.47 Å². The molecule has 1 aromatic rings. The first kappa shape index (κ1) is 15.7. The largest absolute Gasteiger partial charge is 0.462 e. The molecule has 0 aliphatic carbocycles. The van der Waals surface area contributed by atoms with Crippen LogP contribution in [-0.2, 0) is 11.2 Å². The van der Waals surface area contributed by atoms with Crippen molar-refractivity contribution in [2.45, 2.75) is 26.4 Å². The summed E-state index contributed by atoms with van der Waals surface area (Å²) in [5.41, 5.74) is 0.645. The van der Waals surface area contributed by atoms with Crippen LogP contribution in [0.1, 0.15) is 29.3 Å². The van der Waals surface area contributed by atoms with Crippen molar-refractivity contribution in [3.8, 4) is 5.75 Å². The summed E-state index contributed by atoms with van der Waals surface area (Å²) in [5, 5.41) is 0. The van der Waals surface area contributed by atoms with Gasteiger partial charge >= 0.3 is 12.6 Å². The van der Waals surface area contributed by atoms with Crippen LogP contribution in [0.25, 0.3) is 0 Å². The number of hydrogen-bond donors (Lipinski definition) is 0. The zero-order valence-electron chi connectivity index (χ0n) is 10.5. The number of carbonyl (C=O) groups is 1. The second-order valence-corrected chi connectivity index (χ2v) is 4.06. The zero-order chi connectivity index (χ0) is 14.3. The Labute approximate surface area is 115 Å². The van der Waals surface area contributed by atoms with Gasteiger partial charge in [-0.3, -0.25) is 0 Å². The number of alkyl halides is 3. The molecule has 1 aromatic carbocycles. The topological polar surface area (TPSA) is 35.5 Å². The molecular formula is C13H15ClF2O3. The summed E-state index contributed by atoms with van der Waals surface area (Å²) in [6.45, 7) is -1.18. The molecule has 0 radical (unpaired) electrons. The zero-order valence-corrected chi connectivity index (χ0v) is 11.3. The second kappa shape index (κ2) is 7.94. The summed E-state index contributed by atoms with van der Waals surface area (Å²) in [4.78, 5) is 11.9. The summed E-state index contributed by atoms with van der Waals surface area (Å²) in [5.74, 6) is -0.411. The van der Waals surface area contributed by atoms with E-state index in [0.717, 1.165) is 0 Å². The van der Waals surface area contributed by atoms with Gasteiger partial charge in [0.25, 0.3) is 0 Å². The van der Waals surface area contributed by atoms with Gasteiger partial charge in [-0.1, -0.05) is 12.1 Å². The van der Waals surface area contributed by atoms with Gasteiger partial charge in [0.15, 0.2) is 0 Å². The van der Waals surface area contributed by atoms with Crippen LogP contribution < -0.4 is 4.74 Å². The van der Waals surface area contributed by atoms with E-state index in [0.29, 0.717) is 24.3 Å². The average molecular weight is 293 g/mol. The first-order chi connectivity index (χ1) is 9.10. The summed E-state index contributed by atoms with van der Waals surface area (Å²) < 4.78 is 33.9. The van der Waals surface area contributed by atoms with Crippen LogP contribution in [0.4, 0.5) is 8.78 Å². The smallest absolute Gasteiger partial charge is 0.387 e. The molecule has 0 saturated carbocycles. The molecule has 19 heavy (non-hydrogen) atoms. The number of rotatable bonds is 7. The van der Waals surface area contributed by atoms with Gasteiger partial charge in [0.1, 0.15) is 11.3 Å². The Balaban J connectivity index is 3.11. The average Bonchev–Trinajstić information content (AvgIpc) is 2.35. The van der Waals surface area contributed by atoms with E-state index in [1.165, 1.54) is 6.07 Å². The van der Waals surface area contributed by atoms with Gasteiger partial charge in [0.05, 0.1) is 6.61 Å². The van der Waals surface area contributed by atoms with Crippen LogP contribution in [0.3, 0.4) is 0 Å². The lowest BCUT2D eigenvalue weighted by atomic mass is 10.0. The molecule has 0 aliphatic rings. The van der Waals surface area contributed by atoms with E-state index in [1.54, 1.807) is 19.1 Å². The van der Waals surface area contributed by atoms with Gasteiger partial charge in [-0.05, 0) is 31.4 Å². The Morgan fingerprint density at radius 1 is 1.42 bits per heavy atom. The van der Waals surface area contributed by atoms with Crippen LogP contribution in [-0.4, -0.2) is 25.1 Å². The third-order valence-corrected chi connectivity index (χ3v) is 2.66. The number of esters is 1. The fraction of sp³-hybridized carbons (Fsp3) is 0.462. The normalized spacial score (nSPS) is 10.6. The molecule has 0 aliphatic heterocycles. The highest BCUT2D eigenvalue weighted by atomic mass is 35.5. The number of ether oxygens (including phenoxy) is 2. The Hall–Kier alpha value is -1.36. The SMILES string of the molecule is CCOC(=O)c1c(CCCCl)cccc1OC(F)F. The maximum atomic E-state index is 12.3. The standard InChI is InChI=1S/C13H15ClF2O3/c1-2-18-12(17)11-9(6-4-8-14)5-3-7-10(11)19-13(15)16/h3,5,7,13H,2,4,6,8H2,1H3. The minimum absolute atomic E-state index is 0.0507. The molecule has 0 bridgehead atoms. The number of aryl methyl sites for hydroxylation is 1. The Morgan fingerprint density at radius 3 is 2.74 bits per heavy atom. The summed E-state index contributed by atoms with van der Waals surface area (Å²) in [7, 11) is 0. The molecule has 0 spiro atoms. The second-order valence-electron chi connectivity index (χ2n) is 3.68. The van der Waals surface area contributed by atoms with E-state index in [9.17, 15) is 13.6 Å². The van der Waals surface area contributed by atoms with Crippen molar-refractivity contribution < 1.29 is 23.0 Å². The molecule has 0 unspecified atom stereocenters. The molecule has 0 fully saturated rings. The van der Waals surface area contributed by atoms with Crippen molar-refractivity contribution in [3.63, 3.8) is 0 Å². The summed E-state index contributed by atoms with van der Waals surface area (Å²) >= 11 is 5.60. The number of benzene rings is 1. The van der Waals surface area contributed by atoms with Crippen molar-refractivity contribution in [1.82, 2.24) is 0 Å². The van der Waals surface area contributed by atoms with Crippen LogP contribution in [0.2, 0.25) is 0 Å². The van der Waals surface area contributed by atoms with Gasteiger partial charge in [-0.2, -0.15) is 8.78 Å². The van der Waals surface area contributed by atoms with Crippen LogP contribution >= 0.6 is 11.6 Å². The molecule has 0 N–H and O–H groups in total. The van der Waals surface area contributed by atoms with Crippen molar-refractivity contribution in [2.24, 2.45) is 0 Å². The van der Waals surface area contributed by atoms with Crippen molar-refractivity contribution in [2.75, 3.05) is 12.5 Å². The molecule has 0 amide bonds. The Morgan fingerprint density at radius 2 is 2.16 bits per heavy atom. The maximum absolute atomic E-state index is 12.3. The van der Waals surface area contributed by atoms with E-state index < -0.39 is 12.6 Å². The van der Waals surface area contributed by atoms with Crippen molar-refractivity contribution >= 4 is 17.6 Å². The lowest BCUT2D eigenvalue weighted by Gasteiger charge is -2.13. The first-order valence-electron chi connectivity index (χ1n) is 5.90. The molecule has 0 saturated heterocycles. The molecule has 0 atom stereocenters. The highest BCUT2D eigenvalue weighted by Gasteiger charge is 2.20. The lowest BCUT2D eigenvalue weighted by Crippen LogP contribution is -2.13. The van der Waals surface area contributed by atoms with E-state index in [2.05, 4.69) is 4.74 Å². The van der Waals surface area contributed by atoms with Crippen LogP contribution in [0.5, 0.6) is 5.75 Å². The fourth-order valence-electron chi connectivity index (χ4n) is 1.67.